The number of nitrogens with zero attached hydrogens (tertiary/aromatic N) is 4. The first kappa shape index (κ1) is 14.6. The summed E-state index contributed by atoms with van der Waals surface area (Å²) in [4.78, 5) is 24.1. The van der Waals surface area contributed by atoms with Crippen molar-refractivity contribution < 1.29 is 9.59 Å². The van der Waals surface area contributed by atoms with Crippen LogP contribution < -0.4 is 0 Å². The molecule has 0 radical (unpaired) electrons. The minimum atomic E-state index is -0.561. The molecule has 3 amide bonds. The Morgan fingerprint density at radius 1 is 0.783 bits per heavy atom. The monoisotopic (exact) mass is 306 g/mol. The van der Waals surface area contributed by atoms with E-state index in [1.165, 1.54) is 12.4 Å². The van der Waals surface area contributed by atoms with Gasteiger partial charge in [-0.1, -0.05) is 60.7 Å². The van der Waals surface area contributed by atoms with E-state index < -0.39 is 11.9 Å². The van der Waals surface area contributed by atoms with Crippen LogP contribution in [-0.2, 0) is 4.79 Å². The average Bonchev–Trinajstić information content (AvgIpc) is 2.87. The molecule has 0 spiro atoms. The summed E-state index contributed by atoms with van der Waals surface area (Å²) in [6, 6.07) is 18.0. The molecule has 1 fully saturated rings. The number of carbonyl (C=O) groups is 2. The van der Waals surface area contributed by atoms with Gasteiger partial charge in [-0.15, -0.1) is 5.01 Å². The van der Waals surface area contributed by atoms with Crippen LogP contribution in [0.3, 0.4) is 0 Å². The molecule has 0 unspecified atom stereocenters. The van der Waals surface area contributed by atoms with Crippen LogP contribution in [0.25, 0.3) is 0 Å². The molecular formula is C17H14N4O2. The normalized spacial score (nSPS) is 15.3. The lowest BCUT2D eigenvalue weighted by Crippen LogP contribution is -2.26. The van der Waals surface area contributed by atoms with Crippen molar-refractivity contribution >= 4 is 24.4 Å². The highest BCUT2D eigenvalue weighted by atomic mass is 16.2. The van der Waals surface area contributed by atoms with Crippen molar-refractivity contribution in [3.8, 4) is 0 Å². The maximum absolute atomic E-state index is 12.2. The highest BCUT2D eigenvalue weighted by Crippen LogP contribution is 2.11. The highest BCUT2D eigenvalue weighted by molar-refractivity contribution is 6.02. The van der Waals surface area contributed by atoms with Gasteiger partial charge in [0.05, 0.1) is 12.4 Å². The van der Waals surface area contributed by atoms with E-state index in [0.29, 0.717) is 0 Å². The second kappa shape index (κ2) is 6.65. The zero-order chi connectivity index (χ0) is 16.1. The molecule has 1 aliphatic heterocycles. The Morgan fingerprint density at radius 3 is 1.87 bits per heavy atom. The first-order valence-electron chi connectivity index (χ1n) is 7.06. The van der Waals surface area contributed by atoms with Gasteiger partial charge < -0.3 is 0 Å². The SMILES string of the molecule is O=C1CN(/N=C/c2ccccc2)C(=O)N1/N=C/c1ccccc1. The fourth-order valence-corrected chi connectivity index (χ4v) is 2.02. The molecule has 1 aliphatic rings. The molecule has 0 N–H and O–H groups in total. The molecule has 23 heavy (non-hydrogen) atoms. The van der Waals surface area contributed by atoms with Gasteiger partial charge in [0.1, 0.15) is 6.54 Å². The summed E-state index contributed by atoms with van der Waals surface area (Å²) in [6.45, 7) is -0.117. The standard InChI is InChI=1S/C17H14N4O2/c22-16-13-20(18-11-14-7-3-1-4-8-14)17(23)21(16)19-12-15-9-5-2-6-10-15/h1-12H,13H2/b18-11+,19-12+. The number of hydrogen-bond donors (Lipinski definition) is 0. The predicted octanol–water partition coefficient (Wildman–Crippen LogP) is 2.32. The molecule has 0 aromatic heterocycles. The first-order valence-corrected chi connectivity index (χ1v) is 7.06. The molecule has 0 atom stereocenters. The Morgan fingerprint density at radius 2 is 1.30 bits per heavy atom. The quantitative estimate of drug-likeness (QED) is 0.642. The molecular weight excluding hydrogens is 292 g/mol. The molecule has 0 bridgehead atoms. The summed E-state index contributed by atoms with van der Waals surface area (Å²) in [5.74, 6) is -0.410. The van der Waals surface area contributed by atoms with E-state index in [2.05, 4.69) is 10.2 Å². The number of urea groups is 1. The third kappa shape index (κ3) is 3.49. The minimum absolute atomic E-state index is 0.117. The molecule has 3 rings (SSSR count). The van der Waals surface area contributed by atoms with Crippen molar-refractivity contribution in [2.24, 2.45) is 10.2 Å². The molecule has 6 nitrogen and oxygen atoms in total. The van der Waals surface area contributed by atoms with Crippen molar-refractivity contribution in [3.05, 3.63) is 71.8 Å². The van der Waals surface area contributed by atoms with Crippen LogP contribution in [0.5, 0.6) is 0 Å². The zero-order valence-electron chi connectivity index (χ0n) is 12.2. The second-order valence-electron chi connectivity index (χ2n) is 4.86. The number of carbonyl (C=O) groups excluding carboxylic acids is 2. The van der Waals surface area contributed by atoms with Crippen LogP contribution in [0.15, 0.2) is 70.9 Å². The average molecular weight is 306 g/mol. The molecule has 114 valence electrons. The lowest BCUT2D eigenvalue weighted by Gasteiger charge is -2.07. The van der Waals surface area contributed by atoms with Gasteiger partial charge in [-0.3, -0.25) is 4.79 Å². The summed E-state index contributed by atoms with van der Waals surface area (Å²) >= 11 is 0. The maximum Gasteiger partial charge on any atom is 0.368 e. The topological polar surface area (TPSA) is 65.3 Å². The molecule has 1 saturated heterocycles. The van der Waals surface area contributed by atoms with E-state index >= 15 is 0 Å². The largest absolute Gasteiger partial charge is 0.368 e. The molecule has 2 aromatic carbocycles. The summed E-state index contributed by atoms with van der Waals surface area (Å²) < 4.78 is 0. The van der Waals surface area contributed by atoms with Crippen molar-refractivity contribution in [2.45, 2.75) is 0 Å². The number of hydrogen-bond acceptors (Lipinski definition) is 4. The van der Waals surface area contributed by atoms with Gasteiger partial charge in [0.2, 0.25) is 0 Å². The summed E-state index contributed by atoms with van der Waals surface area (Å²) in [5.41, 5.74) is 1.65. The summed E-state index contributed by atoms with van der Waals surface area (Å²) in [6.07, 6.45) is 3.01. The Kier molecular flexibility index (Phi) is 4.24. The van der Waals surface area contributed by atoms with Crippen LogP contribution >= 0.6 is 0 Å². The highest BCUT2D eigenvalue weighted by Gasteiger charge is 2.36. The number of hydrazone groups is 2. The van der Waals surface area contributed by atoms with Gasteiger partial charge in [-0.2, -0.15) is 10.2 Å². The van der Waals surface area contributed by atoms with Crippen LogP contribution in [0.4, 0.5) is 4.79 Å². The van der Waals surface area contributed by atoms with Crippen molar-refractivity contribution in [3.63, 3.8) is 0 Å². The van der Waals surface area contributed by atoms with Crippen LogP contribution in [0.1, 0.15) is 11.1 Å². The van der Waals surface area contributed by atoms with Crippen molar-refractivity contribution in [2.75, 3.05) is 6.54 Å². The smallest absolute Gasteiger partial charge is 0.270 e. The Bertz CT molecular complexity index is 757. The Hall–Kier alpha value is -3.28. The third-order valence-corrected chi connectivity index (χ3v) is 3.19. The lowest BCUT2D eigenvalue weighted by atomic mass is 10.2. The summed E-state index contributed by atoms with van der Waals surface area (Å²) in [5, 5.41) is 9.93. The van der Waals surface area contributed by atoms with E-state index in [4.69, 9.17) is 0 Å². The fourth-order valence-electron chi connectivity index (χ4n) is 2.02. The van der Waals surface area contributed by atoms with E-state index in [9.17, 15) is 9.59 Å². The minimum Gasteiger partial charge on any atom is -0.270 e. The number of amides is 3. The Balaban J connectivity index is 1.70. The molecule has 6 heteroatoms. The van der Waals surface area contributed by atoms with Crippen LogP contribution in [0, 0.1) is 0 Å². The predicted molar refractivity (Wildman–Crippen MR) is 87.0 cm³/mol. The van der Waals surface area contributed by atoms with Gasteiger partial charge in [-0.05, 0) is 11.1 Å². The van der Waals surface area contributed by atoms with Gasteiger partial charge in [-0.25, -0.2) is 9.80 Å². The van der Waals surface area contributed by atoms with Gasteiger partial charge in [0.15, 0.2) is 0 Å². The maximum atomic E-state index is 12.2. The van der Waals surface area contributed by atoms with Crippen LogP contribution in [0.2, 0.25) is 0 Å². The second-order valence-corrected chi connectivity index (χ2v) is 4.86. The van der Waals surface area contributed by atoms with Crippen molar-refractivity contribution in [1.82, 2.24) is 10.0 Å². The fraction of sp³-hybridized carbons (Fsp3) is 0.0588. The van der Waals surface area contributed by atoms with Gasteiger partial charge in [0, 0.05) is 0 Å². The molecule has 0 aliphatic carbocycles. The van der Waals surface area contributed by atoms with Crippen LogP contribution in [-0.4, -0.2) is 40.9 Å². The number of benzene rings is 2. The van der Waals surface area contributed by atoms with E-state index in [1.807, 2.05) is 60.7 Å². The molecule has 1 heterocycles. The first-order chi connectivity index (χ1) is 11.2. The number of imide groups is 1. The van der Waals surface area contributed by atoms with E-state index in [1.54, 1.807) is 0 Å². The lowest BCUT2D eigenvalue weighted by molar-refractivity contribution is -0.125. The third-order valence-electron chi connectivity index (χ3n) is 3.19. The molecule has 2 aromatic rings. The molecule has 0 saturated carbocycles. The van der Waals surface area contributed by atoms with Crippen molar-refractivity contribution in [1.29, 1.82) is 0 Å². The van der Waals surface area contributed by atoms with E-state index in [0.717, 1.165) is 21.1 Å². The zero-order valence-corrected chi connectivity index (χ0v) is 12.2. The number of rotatable bonds is 4. The Labute approximate surface area is 133 Å². The summed E-state index contributed by atoms with van der Waals surface area (Å²) in [7, 11) is 0. The van der Waals surface area contributed by atoms with Gasteiger partial charge >= 0.3 is 6.03 Å². The van der Waals surface area contributed by atoms with Gasteiger partial charge in [0.25, 0.3) is 5.91 Å². The van der Waals surface area contributed by atoms with E-state index in [-0.39, 0.29) is 6.54 Å².